The van der Waals surface area contributed by atoms with Crippen LogP contribution in [0.3, 0.4) is 0 Å². The SMILES string of the molecule is CCCCOc1ccc(Cc2c(C)[nH]c(=S)[nH]c2=O)cc1. The Morgan fingerprint density at radius 2 is 1.90 bits per heavy atom. The summed E-state index contributed by atoms with van der Waals surface area (Å²) in [7, 11) is 0. The minimum atomic E-state index is -0.125. The number of ether oxygens (including phenoxy) is 1. The number of nitrogens with one attached hydrogen (secondary N) is 2. The van der Waals surface area contributed by atoms with Gasteiger partial charge in [0.1, 0.15) is 5.75 Å². The third-order valence-corrected chi connectivity index (χ3v) is 3.53. The summed E-state index contributed by atoms with van der Waals surface area (Å²) in [5.41, 5.74) is 2.46. The summed E-state index contributed by atoms with van der Waals surface area (Å²) in [6.45, 7) is 4.74. The Hall–Kier alpha value is -1.88. The van der Waals surface area contributed by atoms with Crippen LogP contribution in [0, 0.1) is 11.7 Å². The Morgan fingerprint density at radius 1 is 1.19 bits per heavy atom. The molecule has 0 aliphatic carbocycles. The number of unbranched alkanes of at least 4 members (excludes halogenated alkanes) is 1. The van der Waals surface area contributed by atoms with Crippen molar-refractivity contribution in [3.05, 3.63) is 56.2 Å². The fourth-order valence-electron chi connectivity index (χ4n) is 2.08. The summed E-state index contributed by atoms with van der Waals surface area (Å²) >= 11 is 4.95. The zero-order chi connectivity index (χ0) is 15.2. The standard InChI is InChI=1S/C16H20N2O2S/c1-3-4-9-20-13-7-5-12(6-8-13)10-14-11(2)17-16(21)18-15(14)19/h5-8H,3-4,9-10H2,1-2H3,(H2,17,18,19,21). The van der Waals surface area contributed by atoms with E-state index in [9.17, 15) is 4.79 Å². The van der Waals surface area contributed by atoms with Crippen LogP contribution in [0.25, 0.3) is 0 Å². The van der Waals surface area contributed by atoms with Crippen LogP contribution in [0.2, 0.25) is 0 Å². The molecule has 0 saturated carbocycles. The second kappa shape index (κ2) is 7.22. The van der Waals surface area contributed by atoms with Crippen LogP contribution in [-0.4, -0.2) is 16.6 Å². The smallest absolute Gasteiger partial charge is 0.255 e. The van der Waals surface area contributed by atoms with Crippen molar-refractivity contribution < 1.29 is 4.74 Å². The molecule has 1 aromatic heterocycles. The van der Waals surface area contributed by atoms with Crippen LogP contribution >= 0.6 is 12.2 Å². The lowest BCUT2D eigenvalue weighted by molar-refractivity contribution is 0.309. The lowest BCUT2D eigenvalue weighted by Gasteiger charge is -2.08. The molecule has 0 radical (unpaired) electrons. The van der Waals surface area contributed by atoms with E-state index >= 15 is 0 Å². The maximum absolute atomic E-state index is 11.9. The first-order valence-electron chi connectivity index (χ1n) is 7.14. The van der Waals surface area contributed by atoms with Crippen LogP contribution in [0.1, 0.15) is 36.6 Å². The Kier molecular flexibility index (Phi) is 5.33. The van der Waals surface area contributed by atoms with Crippen molar-refractivity contribution >= 4 is 12.2 Å². The van der Waals surface area contributed by atoms with E-state index < -0.39 is 0 Å². The van der Waals surface area contributed by atoms with Gasteiger partial charge in [0, 0.05) is 17.7 Å². The summed E-state index contributed by atoms with van der Waals surface area (Å²) < 4.78 is 5.99. The molecule has 0 aliphatic heterocycles. The number of benzene rings is 1. The highest BCUT2D eigenvalue weighted by Crippen LogP contribution is 2.15. The highest BCUT2D eigenvalue weighted by Gasteiger charge is 2.06. The van der Waals surface area contributed by atoms with Gasteiger partial charge in [0.2, 0.25) is 0 Å². The third-order valence-electron chi connectivity index (χ3n) is 3.33. The van der Waals surface area contributed by atoms with Gasteiger partial charge in [-0.1, -0.05) is 25.5 Å². The van der Waals surface area contributed by atoms with E-state index in [4.69, 9.17) is 17.0 Å². The molecule has 0 spiro atoms. The van der Waals surface area contributed by atoms with Gasteiger partial charge in [0.15, 0.2) is 4.77 Å². The summed E-state index contributed by atoms with van der Waals surface area (Å²) in [4.78, 5) is 17.5. The first-order valence-corrected chi connectivity index (χ1v) is 7.54. The molecule has 0 fully saturated rings. The van der Waals surface area contributed by atoms with E-state index in [1.807, 2.05) is 31.2 Å². The average Bonchev–Trinajstić information content (AvgIpc) is 2.44. The number of hydrogen-bond donors (Lipinski definition) is 2. The molecule has 112 valence electrons. The molecule has 2 N–H and O–H groups in total. The average molecular weight is 304 g/mol. The molecule has 0 bridgehead atoms. The quantitative estimate of drug-likeness (QED) is 0.634. The van der Waals surface area contributed by atoms with Crippen molar-refractivity contribution in [1.29, 1.82) is 0 Å². The topological polar surface area (TPSA) is 57.9 Å². The molecular weight excluding hydrogens is 284 g/mol. The zero-order valence-corrected chi connectivity index (χ0v) is 13.2. The summed E-state index contributed by atoms with van der Waals surface area (Å²) in [6, 6.07) is 7.86. The van der Waals surface area contributed by atoms with Crippen molar-refractivity contribution in [1.82, 2.24) is 9.97 Å². The first kappa shape index (κ1) is 15.5. The number of aryl methyl sites for hydroxylation is 1. The Bertz CT molecular complexity index is 701. The fraction of sp³-hybridized carbons (Fsp3) is 0.375. The van der Waals surface area contributed by atoms with Crippen LogP contribution in [0.15, 0.2) is 29.1 Å². The molecule has 0 atom stereocenters. The number of aromatic nitrogens is 2. The lowest BCUT2D eigenvalue weighted by atomic mass is 10.1. The van der Waals surface area contributed by atoms with Crippen LogP contribution in [0.4, 0.5) is 0 Å². The van der Waals surface area contributed by atoms with Crippen molar-refractivity contribution in [3.63, 3.8) is 0 Å². The van der Waals surface area contributed by atoms with Crippen molar-refractivity contribution in [2.24, 2.45) is 0 Å². The minimum absolute atomic E-state index is 0.125. The summed E-state index contributed by atoms with van der Waals surface area (Å²) in [5, 5.41) is 0. The molecule has 2 aromatic rings. The predicted octanol–water partition coefficient (Wildman–Crippen LogP) is 3.51. The van der Waals surface area contributed by atoms with Gasteiger partial charge in [-0.2, -0.15) is 0 Å². The van der Waals surface area contributed by atoms with E-state index in [-0.39, 0.29) is 5.56 Å². The monoisotopic (exact) mass is 304 g/mol. The molecule has 1 heterocycles. The number of rotatable bonds is 6. The van der Waals surface area contributed by atoms with E-state index in [0.717, 1.165) is 36.5 Å². The number of aromatic amines is 2. The van der Waals surface area contributed by atoms with Crippen molar-refractivity contribution in [2.75, 3.05) is 6.61 Å². The molecule has 21 heavy (non-hydrogen) atoms. The van der Waals surface area contributed by atoms with Crippen molar-refractivity contribution in [3.8, 4) is 5.75 Å². The third kappa shape index (κ3) is 4.29. The molecule has 0 amide bonds. The fourth-order valence-corrected chi connectivity index (χ4v) is 2.33. The molecule has 5 heteroatoms. The van der Waals surface area contributed by atoms with E-state index in [0.29, 0.717) is 16.8 Å². The van der Waals surface area contributed by atoms with E-state index in [1.165, 1.54) is 0 Å². The highest BCUT2D eigenvalue weighted by molar-refractivity contribution is 7.71. The van der Waals surface area contributed by atoms with Crippen molar-refractivity contribution in [2.45, 2.75) is 33.1 Å². The molecular formula is C16H20N2O2S. The van der Waals surface area contributed by atoms with Crippen LogP contribution < -0.4 is 10.3 Å². The van der Waals surface area contributed by atoms with E-state index in [1.54, 1.807) is 0 Å². The predicted molar refractivity (Wildman–Crippen MR) is 86.6 cm³/mol. The summed E-state index contributed by atoms with van der Waals surface area (Å²) in [6.07, 6.45) is 2.75. The van der Waals surface area contributed by atoms with Gasteiger partial charge >= 0.3 is 0 Å². The molecule has 4 nitrogen and oxygen atoms in total. The van der Waals surface area contributed by atoms with Gasteiger partial charge in [0.25, 0.3) is 5.56 Å². The van der Waals surface area contributed by atoms with Gasteiger partial charge in [-0.05, 0) is 43.3 Å². The number of H-pyrrole nitrogens is 2. The maximum atomic E-state index is 11.9. The second-order valence-corrected chi connectivity index (χ2v) is 5.44. The second-order valence-electron chi connectivity index (χ2n) is 5.03. The molecule has 0 saturated heterocycles. The molecule has 1 aromatic carbocycles. The first-order chi connectivity index (χ1) is 10.1. The van der Waals surface area contributed by atoms with Crippen LogP contribution in [0.5, 0.6) is 5.75 Å². The molecule has 0 aliphatic rings. The van der Waals surface area contributed by atoms with E-state index in [2.05, 4.69) is 16.9 Å². The van der Waals surface area contributed by atoms with Gasteiger partial charge in [-0.15, -0.1) is 0 Å². The van der Waals surface area contributed by atoms with Gasteiger partial charge in [-0.3, -0.25) is 9.78 Å². The maximum Gasteiger partial charge on any atom is 0.255 e. The zero-order valence-electron chi connectivity index (χ0n) is 12.4. The summed E-state index contributed by atoms with van der Waals surface area (Å²) in [5.74, 6) is 0.866. The molecule has 0 unspecified atom stereocenters. The van der Waals surface area contributed by atoms with Gasteiger partial charge in [-0.25, -0.2) is 0 Å². The Balaban J connectivity index is 2.10. The van der Waals surface area contributed by atoms with Gasteiger partial charge < -0.3 is 9.72 Å². The number of hydrogen-bond acceptors (Lipinski definition) is 3. The minimum Gasteiger partial charge on any atom is -0.494 e. The molecule has 2 rings (SSSR count). The van der Waals surface area contributed by atoms with Crippen LogP contribution in [-0.2, 0) is 6.42 Å². The Morgan fingerprint density at radius 3 is 2.52 bits per heavy atom. The van der Waals surface area contributed by atoms with Gasteiger partial charge in [0.05, 0.1) is 6.61 Å². The largest absolute Gasteiger partial charge is 0.494 e. The lowest BCUT2D eigenvalue weighted by Crippen LogP contribution is -2.16. The normalized spacial score (nSPS) is 10.6. The highest BCUT2D eigenvalue weighted by atomic mass is 32.1. The Labute approximate surface area is 129 Å².